The summed E-state index contributed by atoms with van der Waals surface area (Å²) in [5.74, 6) is 3.08. The summed E-state index contributed by atoms with van der Waals surface area (Å²) in [5.41, 5.74) is 1.04. The summed E-state index contributed by atoms with van der Waals surface area (Å²) in [6.45, 7) is 2.91. The number of ether oxygens (including phenoxy) is 1. The Morgan fingerprint density at radius 2 is 1.79 bits per heavy atom. The van der Waals surface area contributed by atoms with Crippen molar-refractivity contribution >= 4 is 40.2 Å². The quantitative estimate of drug-likeness (QED) is 0.458. The van der Waals surface area contributed by atoms with Gasteiger partial charge in [-0.2, -0.15) is 22.0 Å². The van der Waals surface area contributed by atoms with Crippen LogP contribution in [-0.4, -0.2) is 28.3 Å². The molecule has 0 amide bonds. The van der Waals surface area contributed by atoms with Crippen molar-refractivity contribution in [1.82, 2.24) is 10.2 Å². The first kappa shape index (κ1) is 16.9. The van der Waals surface area contributed by atoms with Crippen LogP contribution in [0.25, 0.3) is 10.8 Å². The average molecular weight is 358 g/mol. The fraction of sp³-hybridized carbons (Fsp3) is 0.222. The maximum atomic E-state index is 5.71. The highest BCUT2D eigenvalue weighted by Gasteiger charge is 2.00. The standard InChI is InChI=1S/C18H19N3OS2/c1-2-23-10-9-22-17-5-7-18(8-6-17)24-21-16-4-3-14-12-19-20-13-15(14)11-16/h3-8,11-13,21H,2,9-10H2,1H3. The second-order valence-electron chi connectivity index (χ2n) is 5.05. The largest absolute Gasteiger partial charge is 0.493 e. The van der Waals surface area contributed by atoms with E-state index in [0.717, 1.165) is 45.2 Å². The van der Waals surface area contributed by atoms with Gasteiger partial charge < -0.3 is 9.46 Å². The Labute approximate surface area is 150 Å². The van der Waals surface area contributed by atoms with Crippen molar-refractivity contribution in [1.29, 1.82) is 0 Å². The Hall–Kier alpha value is -1.92. The molecule has 0 saturated carbocycles. The van der Waals surface area contributed by atoms with Gasteiger partial charge in [0.25, 0.3) is 0 Å². The van der Waals surface area contributed by atoms with Crippen LogP contribution in [0.5, 0.6) is 5.75 Å². The fourth-order valence-electron chi connectivity index (χ4n) is 2.14. The molecule has 2 aromatic carbocycles. The van der Waals surface area contributed by atoms with E-state index in [9.17, 15) is 0 Å². The number of nitrogens with zero attached hydrogens (tertiary/aromatic N) is 2. The summed E-state index contributed by atoms with van der Waals surface area (Å²) in [7, 11) is 0. The molecule has 1 aromatic heterocycles. The molecule has 0 aliphatic heterocycles. The molecule has 0 saturated heterocycles. The van der Waals surface area contributed by atoms with Gasteiger partial charge in [-0.3, -0.25) is 0 Å². The van der Waals surface area contributed by atoms with E-state index in [2.05, 4.69) is 40.0 Å². The molecular formula is C18H19N3OS2. The van der Waals surface area contributed by atoms with Crippen molar-refractivity contribution in [3.8, 4) is 5.75 Å². The molecular weight excluding hydrogens is 338 g/mol. The SMILES string of the molecule is CCSCCOc1ccc(SNc2ccc3cnncc3c2)cc1. The maximum absolute atomic E-state index is 5.71. The van der Waals surface area contributed by atoms with Gasteiger partial charge in [-0.25, -0.2) is 0 Å². The number of anilines is 1. The van der Waals surface area contributed by atoms with Crippen molar-refractivity contribution in [3.05, 3.63) is 54.9 Å². The first-order chi connectivity index (χ1) is 11.8. The second-order valence-corrected chi connectivity index (χ2v) is 7.33. The summed E-state index contributed by atoms with van der Waals surface area (Å²) < 4.78 is 9.07. The van der Waals surface area contributed by atoms with E-state index in [0.29, 0.717) is 0 Å². The van der Waals surface area contributed by atoms with E-state index in [-0.39, 0.29) is 0 Å². The van der Waals surface area contributed by atoms with Crippen LogP contribution < -0.4 is 9.46 Å². The highest BCUT2D eigenvalue weighted by Crippen LogP contribution is 2.25. The molecule has 0 aliphatic carbocycles. The Kier molecular flexibility index (Phi) is 6.20. The van der Waals surface area contributed by atoms with Gasteiger partial charge in [0.05, 0.1) is 19.0 Å². The third-order valence-corrected chi connectivity index (χ3v) is 5.07. The number of nitrogens with one attached hydrogen (secondary N) is 1. The van der Waals surface area contributed by atoms with Crippen molar-refractivity contribution in [2.45, 2.75) is 11.8 Å². The Bertz CT molecular complexity index is 781. The first-order valence-electron chi connectivity index (χ1n) is 7.79. The number of aromatic nitrogens is 2. The molecule has 0 atom stereocenters. The summed E-state index contributed by atoms with van der Waals surface area (Å²) in [6.07, 6.45) is 3.54. The average Bonchev–Trinajstić information content (AvgIpc) is 2.64. The number of fused-ring (bicyclic) bond motifs is 1. The molecule has 6 heteroatoms. The molecule has 0 unspecified atom stereocenters. The van der Waals surface area contributed by atoms with Crippen molar-refractivity contribution in [3.63, 3.8) is 0 Å². The van der Waals surface area contributed by atoms with E-state index in [1.807, 2.05) is 36.0 Å². The van der Waals surface area contributed by atoms with E-state index in [1.54, 1.807) is 24.3 Å². The molecule has 0 aliphatic rings. The zero-order valence-corrected chi connectivity index (χ0v) is 15.1. The van der Waals surface area contributed by atoms with Crippen molar-refractivity contribution < 1.29 is 4.74 Å². The van der Waals surface area contributed by atoms with Crippen molar-refractivity contribution in [2.75, 3.05) is 22.8 Å². The number of rotatable bonds is 8. The topological polar surface area (TPSA) is 47.0 Å². The van der Waals surface area contributed by atoms with Crippen LogP contribution in [0.4, 0.5) is 5.69 Å². The van der Waals surface area contributed by atoms with Crippen LogP contribution >= 0.6 is 23.7 Å². The molecule has 0 fully saturated rings. The molecule has 0 bridgehead atoms. The molecule has 3 rings (SSSR count). The lowest BCUT2D eigenvalue weighted by atomic mass is 10.2. The molecule has 3 aromatic rings. The molecule has 1 N–H and O–H groups in total. The number of benzene rings is 2. The Morgan fingerprint density at radius 1 is 1.00 bits per heavy atom. The molecule has 0 spiro atoms. The van der Waals surface area contributed by atoms with Gasteiger partial charge in [-0.05, 0) is 54.1 Å². The van der Waals surface area contributed by atoms with Crippen LogP contribution in [0.2, 0.25) is 0 Å². The lowest BCUT2D eigenvalue weighted by Gasteiger charge is -2.08. The van der Waals surface area contributed by atoms with E-state index in [1.165, 1.54) is 0 Å². The first-order valence-corrected chi connectivity index (χ1v) is 9.76. The normalized spacial score (nSPS) is 10.7. The minimum absolute atomic E-state index is 0.753. The van der Waals surface area contributed by atoms with Gasteiger partial charge in [0, 0.05) is 27.1 Å². The van der Waals surface area contributed by atoms with Crippen LogP contribution in [-0.2, 0) is 0 Å². The lowest BCUT2D eigenvalue weighted by Crippen LogP contribution is -2.00. The molecule has 4 nitrogen and oxygen atoms in total. The highest BCUT2D eigenvalue weighted by atomic mass is 32.2. The maximum Gasteiger partial charge on any atom is 0.119 e. The minimum Gasteiger partial charge on any atom is -0.493 e. The lowest BCUT2D eigenvalue weighted by molar-refractivity contribution is 0.344. The summed E-state index contributed by atoms with van der Waals surface area (Å²) >= 11 is 3.47. The van der Waals surface area contributed by atoms with Gasteiger partial charge >= 0.3 is 0 Å². The smallest absolute Gasteiger partial charge is 0.119 e. The van der Waals surface area contributed by atoms with Gasteiger partial charge in [0.1, 0.15) is 5.75 Å². The van der Waals surface area contributed by atoms with Gasteiger partial charge in [-0.1, -0.05) is 13.0 Å². The van der Waals surface area contributed by atoms with E-state index >= 15 is 0 Å². The van der Waals surface area contributed by atoms with Crippen molar-refractivity contribution in [2.24, 2.45) is 0 Å². The molecule has 24 heavy (non-hydrogen) atoms. The summed E-state index contributed by atoms with van der Waals surface area (Å²) in [5, 5.41) is 9.96. The predicted octanol–water partition coefficient (Wildman–Crippen LogP) is 4.88. The van der Waals surface area contributed by atoms with Gasteiger partial charge in [-0.15, -0.1) is 0 Å². The third-order valence-electron chi connectivity index (χ3n) is 3.36. The minimum atomic E-state index is 0.753. The van der Waals surface area contributed by atoms with Gasteiger partial charge in [0.15, 0.2) is 0 Å². The third kappa shape index (κ3) is 4.79. The predicted molar refractivity (Wildman–Crippen MR) is 104 cm³/mol. The van der Waals surface area contributed by atoms with E-state index in [4.69, 9.17) is 4.74 Å². The Balaban J connectivity index is 1.53. The summed E-state index contributed by atoms with van der Waals surface area (Å²) in [4.78, 5) is 1.14. The summed E-state index contributed by atoms with van der Waals surface area (Å²) in [6, 6.07) is 14.3. The monoisotopic (exact) mass is 357 g/mol. The van der Waals surface area contributed by atoms with Crippen LogP contribution in [0.15, 0.2) is 59.8 Å². The zero-order valence-electron chi connectivity index (χ0n) is 13.4. The van der Waals surface area contributed by atoms with Crippen LogP contribution in [0.3, 0.4) is 0 Å². The number of thioether (sulfide) groups is 1. The fourth-order valence-corrected chi connectivity index (χ4v) is 3.27. The highest BCUT2D eigenvalue weighted by molar-refractivity contribution is 8.00. The van der Waals surface area contributed by atoms with Gasteiger partial charge in [0.2, 0.25) is 0 Å². The van der Waals surface area contributed by atoms with Crippen LogP contribution in [0.1, 0.15) is 6.92 Å². The zero-order chi connectivity index (χ0) is 16.6. The number of hydrogen-bond acceptors (Lipinski definition) is 6. The molecule has 1 heterocycles. The molecule has 0 radical (unpaired) electrons. The van der Waals surface area contributed by atoms with Crippen LogP contribution in [0, 0.1) is 0 Å². The van der Waals surface area contributed by atoms with E-state index < -0.39 is 0 Å². The molecule has 124 valence electrons. The Morgan fingerprint density at radius 3 is 2.58 bits per heavy atom. The second kappa shape index (κ2) is 8.80. The number of hydrogen-bond donors (Lipinski definition) is 1.